The minimum Gasteiger partial charge on any atom is -0.325 e. The second-order valence-electron chi connectivity index (χ2n) is 7.55. The first kappa shape index (κ1) is 21.1. The molecule has 2 heterocycles. The molecule has 0 bridgehead atoms. The SMILES string of the molecule is CC(C)c1ccc(NC(=O)Cn2c(SCc3ccccc3F)nc3ccncc32)cc1. The molecule has 0 aliphatic heterocycles. The number of nitrogens with one attached hydrogen (secondary N) is 1. The molecule has 0 aliphatic carbocycles. The zero-order valence-corrected chi connectivity index (χ0v) is 18.2. The maximum atomic E-state index is 14.0. The smallest absolute Gasteiger partial charge is 0.244 e. The number of hydrogen-bond acceptors (Lipinski definition) is 4. The van der Waals surface area contributed by atoms with Gasteiger partial charge in [0, 0.05) is 17.6 Å². The van der Waals surface area contributed by atoms with Gasteiger partial charge in [0.2, 0.25) is 5.91 Å². The van der Waals surface area contributed by atoms with Gasteiger partial charge in [0.25, 0.3) is 0 Å². The largest absolute Gasteiger partial charge is 0.325 e. The molecule has 0 fully saturated rings. The van der Waals surface area contributed by atoms with E-state index in [1.54, 1.807) is 24.5 Å². The lowest BCUT2D eigenvalue weighted by Gasteiger charge is -2.11. The molecule has 0 spiro atoms. The number of benzene rings is 2. The Bertz CT molecular complexity index is 1200. The molecule has 0 aliphatic rings. The Hall–Kier alpha value is -3.19. The van der Waals surface area contributed by atoms with Crippen molar-refractivity contribution in [3.05, 3.63) is 83.9 Å². The molecule has 1 N–H and O–H groups in total. The average molecular weight is 435 g/mol. The van der Waals surface area contributed by atoms with Crippen LogP contribution < -0.4 is 5.32 Å². The second-order valence-corrected chi connectivity index (χ2v) is 8.49. The summed E-state index contributed by atoms with van der Waals surface area (Å²) in [5.41, 5.74) is 4.08. The summed E-state index contributed by atoms with van der Waals surface area (Å²) >= 11 is 1.40. The maximum Gasteiger partial charge on any atom is 0.244 e. The number of carbonyl (C=O) groups is 1. The molecule has 4 rings (SSSR count). The molecule has 0 unspecified atom stereocenters. The number of anilines is 1. The highest BCUT2D eigenvalue weighted by Crippen LogP contribution is 2.27. The molecule has 4 aromatic rings. The fourth-order valence-electron chi connectivity index (χ4n) is 3.26. The van der Waals surface area contributed by atoms with Crippen LogP contribution in [0.4, 0.5) is 10.1 Å². The van der Waals surface area contributed by atoms with Crippen molar-refractivity contribution in [1.29, 1.82) is 0 Å². The third-order valence-electron chi connectivity index (χ3n) is 4.99. The predicted octanol–water partition coefficient (Wildman–Crippen LogP) is 5.62. The van der Waals surface area contributed by atoms with E-state index in [-0.39, 0.29) is 18.3 Å². The Morgan fingerprint density at radius 3 is 2.65 bits per heavy atom. The van der Waals surface area contributed by atoms with Crippen LogP contribution in [0.2, 0.25) is 0 Å². The monoisotopic (exact) mass is 434 g/mol. The van der Waals surface area contributed by atoms with Gasteiger partial charge < -0.3 is 9.88 Å². The summed E-state index contributed by atoms with van der Waals surface area (Å²) in [5.74, 6) is 0.445. The minimum atomic E-state index is -0.248. The number of pyridine rings is 1. The first-order valence-electron chi connectivity index (χ1n) is 10.1. The molecular formula is C24H23FN4OS. The van der Waals surface area contributed by atoms with Gasteiger partial charge in [-0.05, 0) is 41.3 Å². The van der Waals surface area contributed by atoms with Crippen LogP contribution in [-0.4, -0.2) is 20.4 Å². The van der Waals surface area contributed by atoms with E-state index in [0.29, 0.717) is 22.4 Å². The van der Waals surface area contributed by atoms with Crippen molar-refractivity contribution in [2.75, 3.05) is 5.32 Å². The van der Waals surface area contributed by atoms with Crippen molar-refractivity contribution in [3.8, 4) is 0 Å². The fraction of sp³-hybridized carbons (Fsp3) is 0.208. The number of amides is 1. The van der Waals surface area contributed by atoms with Crippen molar-refractivity contribution in [1.82, 2.24) is 14.5 Å². The van der Waals surface area contributed by atoms with Gasteiger partial charge >= 0.3 is 0 Å². The lowest BCUT2D eigenvalue weighted by molar-refractivity contribution is -0.116. The minimum absolute atomic E-state index is 0.0910. The first-order chi connectivity index (χ1) is 15.0. The van der Waals surface area contributed by atoms with Crippen LogP contribution in [0.3, 0.4) is 0 Å². The number of aromatic nitrogens is 3. The number of fused-ring (bicyclic) bond motifs is 1. The van der Waals surface area contributed by atoms with Crippen LogP contribution in [0.5, 0.6) is 0 Å². The van der Waals surface area contributed by atoms with Gasteiger partial charge in [-0.1, -0.05) is 55.9 Å². The summed E-state index contributed by atoms with van der Waals surface area (Å²) in [7, 11) is 0. The predicted molar refractivity (Wildman–Crippen MR) is 123 cm³/mol. The third-order valence-corrected chi connectivity index (χ3v) is 6.02. The van der Waals surface area contributed by atoms with Crippen LogP contribution in [0.1, 0.15) is 30.9 Å². The van der Waals surface area contributed by atoms with Crippen molar-refractivity contribution in [2.45, 2.75) is 37.2 Å². The number of thioether (sulfide) groups is 1. The first-order valence-corrected chi connectivity index (χ1v) is 11.1. The van der Waals surface area contributed by atoms with Gasteiger partial charge in [0.1, 0.15) is 12.4 Å². The Kier molecular flexibility index (Phi) is 6.32. The number of carbonyl (C=O) groups excluding carboxylic acids is 1. The Morgan fingerprint density at radius 2 is 1.90 bits per heavy atom. The van der Waals surface area contributed by atoms with Crippen molar-refractivity contribution < 1.29 is 9.18 Å². The molecule has 0 atom stereocenters. The topological polar surface area (TPSA) is 59.8 Å². The van der Waals surface area contributed by atoms with E-state index in [0.717, 1.165) is 16.7 Å². The lowest BCUT2D eigenvalue weighted by atomic mass is 10.0. The maximum absolute atomic E-state index is 14.0. The zero-order chi connectivity index (χ0) is 21.8. The zero-order valence-electron chi connectivity index (χ0n) is 17.4. The Morgan fingerprint density at radius 1 is 1.13 bits per heavy atom. The van der Waals surface area contributed by atoms with Gasteiger partial charge in [-0.3, -0.25) is 9.78 Å². The van der Waals surface area contributed by atoms with Crippen molar-refractivity contribution in [3.63, 3.8) is 0 Å². The second kappa shape index (κ2) is 9.31. The average Bonchev–Trinajstić information content (AvgIpc) is 3.11. The molecule has 5 nitrogen and oxygen atoms in total. The summed E-state index contributed by atoms with van der Waals surface area (Å²) in [6.07, 6.45) is 3.36. The van der Waals surface area contributed by atoms with E-state index in [9.17, 15) is 9.18 Å². The van der Waals surface area contributed by atoms with Crippen LogP contribution in [-0.2, 0) is 17.1 Å². The van der Waals surface area contributed by atoms with E-state index >= 15 is 0 Å². The molecule has 158 valence electrons. The van der Waals surface area contributed by atoms with Gasteiger partial charge in [0.05, 0.1) is 17.2 Å². The third kappa shape index (κ3) is 4.94. The highest BCUT2D eigenvalue weighted by molar-refractivity contribution is 7.98. The summed E-state index contributed by atoms with van der Waals surface area (Å²) in [6, 6.07) is 16.3. The summed E-state index contributed by atoms with van der Waals surface area (Å²) in [5, 5.41) is 3.59. The standard InChI is InChI=1S/C24H23FN4OS/c1-16(2)17-7-9-19(10-8-17)27-23(30)14-29-22-13-26-12-11-21(22)28-24(29)31-15-18-5-3-4-6-20(18)25/h3-13,16H,14-15H2,1-2H3,(H,27,30). The van der Waals surface area contributed by atoms with Gasteiger partial charge in [0.15, 0.2) is 5.16 Å². The molecule has 1 amide bonds. The van der Waals surface area contributed by atoms with Gasteiger partial charge in [-0.15, -0.1) is 0 Å². The van der Waals surface area contributed by atoms with Crippen molar-refractivity contribution >= 4 is 34.4 Å². The van der Waals surface area contributed by atoms with Crippen LogP contribution in [0.25, 0.3) is 11.0 Å². The molecule has 0 radical (unpaired) electrons. The number of hydrogen-bond donors (Lipinski definition) is 1. The van der Waals surface area contributed by atoms with E-state index in [1.165, 1.54) is 23.4 Å². The molecule has 2 aromatic carbocycles. The summed E-state index contributed by atoms with van der Waals surface area (Å²) in [4.78, 5) is 21.6. The van der Waals surface area contributed by atoms with Gasteiger partial charge in [-0.2, -0.15) is 0 Å². The Balaban J connectivity index is 1.53. The van der Waals surface area contributed by atoms with E-state index in [4.69, 9.17) is 0 Å². The summed E-state index contributed by atoms with van der Waals surface area (Å²) in [6.45, 7) is 4.35. The van der Waals surface area contributed by atoms with Crippen molar-refractivity contribution in [2.24, 2.45) is 0 Å². The Labute approximate surface area is 184 Å². The number of imidazole rings is 1. The van der Waals surface area contributed by atoms with Crippen LogP contribution in [0, 0.1) is 5.82 Å². The number of rotatable bonds is 7. The highest BCUT2D eigenvalue weighted by atomic mass is 32.2. The molecule has 2 aromatic heterocycles. The molecule has 7 heteroatoms. The molecule has 0 saturated carbocycles. The fourth-order valence-corrected chi connectivity index (χ4v) is 4.26. The number of nitrogens with zero attached hydrogens (tertiary/aromatic N) is 3. The number of halogens is 1. The highest BCUT2D eigenvalue weighted by Gasteiger charge is 2.15. The quantitative estimate of drug-likeness (QED) is 0.383. The van der Waals surface area contributed by atoms with Crippen LogP contribution >= 0.6 is 11.8 Å². The normalized spacial score (nSPS) is 11.2. The molecule has 31 heavy (non-hydrogen) atoms. The van der Waals surface area contributed by atoms with E-state index in [1.807, 2.05) is 41.0 Å². The van der Waals surface area contributed by atoms with E-state index < -0.39 is 0 Å². The van der Waals surface area contributed by atoms with Crippen LogP contribution in [0.15, 0.2) is 72.1 Å². The van der Waals surface area contributed by atoms with E-state index in [2.05, 4.69) is 29.1 Å². The lowest BCUT2D eigenvalue weighted by Crippen LogP contribution is -2.19. The molecule has 0 saturated heterocycles. The summed E-state index contributed by atoms with van der Waals surface area (Å²) < 4.78 is 15.8. The van der Waals surface area contributed by atoms with Gasteiger partial charge in [-0.25, -0.2) is 9.37 Å². The molecular weight excluding hydrogens is 411 g/mol.